The third kappa shape index (κ3) is 3.73. The van der Waals surface area contributed by atoms with Crippen molar-refractivity contribution in [2.45, 2.75) is 13.0 Å². The number of halogens is 1. The number of piperazine rings is 1. The molecule has 1 aromatic rings. The van der Waals surface area contributed by atoms with Crippen molar-refractivity contribution >= 4 is 12.0 Å². The fraction of sp³-hybridized carbons (Fsp3) is 0.467. The second-order valence-corrected chi connectivity index (χ2v) is 5.08. The van der Waals surface area contributed by atoms with E-state index in [1.807, 2.05) is 4.90 Å². The molecular weight excluding hydrogens is 289 g/mol. The van der Waals surface area contributed by atoms with Crippen LogP contribution in [-0.2, 0) is 9.53 Å². The Morgan fingerprint density at radius 3 is 2.32 bits per heavy atom. The number of hydrogen-bond donors (Lipinski definition) is 1. The minimum absolute atomic E-state index is 0.332. The summed E-state index contributed by atoms with van der Waals surface area (Å²) in [5.41, 5.74) is 6.15. The molecule has 7 heteroatoms. The van der Waals surface area contributed by atoms with Crippen molar-refractivity contribution in [2.24, 2.45) is 5.73 Å². The van der Waals surface area contributed by atoms with Gasteiger partial charge >= 0.3 is 6.09 Å². The molecule has 2 amide bonds. The van der Waals surface area contributed by atoms with E-state index in [1.165, 1.54) is 12.1 Å². The summed E-state index contributed by atoms with van der Waals surface area (Å²) in [6.07, 6.45) is -0.348. The zero-order chi connectivity index (χ0) is 16.1. The van der Waals surface area contributed by atoms with E-state index in [1.54, 1.807) is 24.0 Å². The van der Waals surface area contributed by atoms with Crippen molar-refractivity contribution < 1.29 is 18.7 Å². The van der Waals surface area contributed by atoms with Gasteiger partial charge in [0.05, 0.1) is 6.61 Å². The van der Waals surface area contributed by atoms with Crippen molar-refractivity contribution in [3.63, 3.8) is 0 Å². The van der Waals surface area contributed by atoms with Crippen LogP contribution < -0.4 is 5.73 Å². The second kappa shape index (κ2) is 7.22. The van der Waals surface area contributed by atoms with Gasteiger partial charge in [-0.25, -0.2) is 9.18 Å². The molecule has 120 valence electrons. The van der Waals surface area contributed by atoms with Gasteiger partial charge in [0.15, 0.2) is 0 Å². The van der Waals surface area contributed by atoms with Crippen molar-refractivity contribution in [2.75, 3.05) is 32.8 Å². The van der Waals surface area contributed by atoms with Crippen LogP contribution in [0.1, 0.15) is 18.5 Å². The largest absolute Gasteiger partial charge is 0.450 e. The molecule has 2 N–H and O–H groups in total. The van der Waals surface area contributed by atoms with Crippen molar-refractivity contribution in [1.29, 1.82) is 0 Å². The highest BCUT2D eigenvalue weighted by molar-refractivity contribution is 5.81. The summed E-state index contributed by atoms with van der Waals surface area (Å²) >= 11 is 0. The lowest BCUT2D eigenvalue weighted by Crippen LogP contribution is -2.52. The Morgan fingerprint density at radius 2 is 1.82 bits per heavy atom. The summed E-state index contributed by atoms with van der Waals surface area (Å²) in [6.45, 7) is 4.02. The molecule has 1 fully saturated rings. The first-order valence-electron chi connectivity index (χ1n) is 7.23. The van der Waals surface area contributed by atoms with Gasteiger partial charge in [-0.2, -0.15) is 0 Å². The second-order valence-electron chi connectivity index (χ2n) is 5.08. The first-order valence-corrected chi connectivity index (χ1v) is 7.23. The number of carbonyl (C=O) groups is 2. The first-order chi connectivity index (χ1) is 10.5. The lowest BCUT2D eigenvalue weighted by Gasteiger charge is -2.37. The fourth-order valence-electron chi connectivity index (χ4n) is 2.58. The Bertz CT molecular complexity index is 527. The van der Waals surface area contributed by atoms with Gasteiger partial charge in [-0.05, 0) is 24.6 Å². The number of carbonyl (C=O) groups excluding carboxylic acids is 2. The average molecular weight is 309 g/mol. The van der Waals surface area contributed by atoms with Gasteiger partial charge in [-0.3, -0.25) is 9.69 Å². The van der Waals surface area contributed by atoms with Gasteiger partial charge in [-0.15, -0.1) is 0 Å². The summed E-state index contributed by atoms with van der Waals surface area (Å²) < 4.78 is 18.0. The van der Waals surface area contributed by atoms with Crippen LogP contribution in [0.2, 0.25) is 0 Å². The van der Waals surface area contributed by atoms with Crippen LogP contribution in [0.25, 0.3) is 0 Å². The lowest BCUT2D eigenvalue weighted by molar-refractivity contribution is -0.124. The van der Waals surface area contributed by atoms with Crippen LogP contribution >= 0.6 is 0 Å². The molecule has 1 heterocycles. The quantitative estimate of drug-likeness (QED) is 0.904. The molecule has 0 saturated carbocycles. The van der Waals surface area contributed by atoms with E-state index in [9.17, 15) is 14.0 Å². The molecule has 1 aliphatic heterocycles. The topological polar surface area (TPSA) is 75.9 Å². The maximum atomic E-state index is 13.0. The summed E-state index contributed by atoms with van der Waals surface area (Å²) in [5, 5.41) is 0. The Hall–Kier alpha value is -2.15. The summed E-state index contributed by atoms with van der Waals surface area (Å²) in [7, 11) is 0. The standard InChI is InChI=1S/C15H20FN3O3/c1-2-22-15(21)19-9-7-18(8-10-19)13(14(17)20)11-3-5-12(16)6-4-11/h3-6,13H,2,7-10H2,1H3,(H2,17,20)/t13-/m1/s1. The van der Waals surface area contributed by atoms with Crippen LogP contribution in [-0.4, -0.2) is 54.6 Å². The molecule has 1 aliphatic rings. The van der Waals surface area contributed by atoms with Gasteiger partial charge in [0, 0.05) is 26.2 Å². The van der Waals surface area contributed by atoms with Gasteiger partial charge in [0.1, 0.15) is 11.9 Å². The Balaban J connectivity index is 2.04. The summed E-state index contributed by atoms with van der Waals surface area (Å²) in [5.74, 6) is -0.852. The number of amides is 2. The van der Waals surface area contributed by atoms with Gasteiger partial charge in [0.2, 0.25) is 5.91 Å². The molecule has 22 heavy (non-hydrogen) atoms. The summed E-state index contributed by atoms with van der Waals surface area (Å²) in [6, 6.07) is 5.11. The van der Waals surface area contributed by atoms with E-state index in [-0.39, 0.29) is 11.9 Å². The Kier molecular flexibility index (Phi) is 5.32. The minimum Gasteiger partial charge on any atom is -0.450 e. The molecule has 1 atom stereocenters. The van der Waals surface area contributed by atoms with E-state index in [2.05, 4.69) is 0 Å². The molecule has 0 aliphatic carbocycles. The van der Waals surface area contributed by atoms with Gasteiger partial charge in [-0.1, -0.05) is 12.1 Å². The van der Waals surface area contributed by atoms with E-state index < -0.39 is 11.9 Å². The molecule has 6 nitrogen and oxygen atoms in total. The molecule has 0 radical (unpaired) electrons. The molecule has 0 unspecified atom stereocenters. The Labute approximate surface area is 128 Å². The number of ether oxygens (including phenoxy) is 1. The fourth-order valence-corrected chi connectivity index (χ4v) is 2.58. The number of nitrogens with zero attached hydrogens (tertiary/aromatic N) is 2. The van der Waals surface area contributed by atoms with Crippen molar-refractivity contribution in [1.82, 2.24) is 9.80 Å². The van der Waals surface area contributed by atoms with Crippen LogP contribution in [0.3, 0.4) is 0 Å². The number of benzene rings is 1. The SMILES string of the molecule is CCOC(=O)N1CCN([C@@H](C(N)=O)c2ccc(F)cc2)CC1. The van der Waals surface area contributed by atoms with Crippen LogP contribution in [0.4, 0.5) is 9.18 Å². The maximum absolute atomic E-state index is 13.0. The number of rotatable bonds is 4. The molecule has 2 rings (SSSR count). The van der Waals surface area contributed by atoms with E-state index in [0.717, 1.165) is 0 Å². The normalized spacial score (nSPS) is 17.1. The predicted molar refractivity (Wildman–Crippen MR) is 78.5 cm³/mol. The summed E-state index contributed by atoms with van der Waals surface area (Å²) in [4.78, 5) is 26.9. The third-order valence-corrected chi connectivity index (χ3v) is 3.66. The predicted octanol–water partition coefficient (Wildman–Crippen LogP) is 1.13. The number of hydrogen-bond acceptors (Lipinski definition) is 4. The molecule has 1 aromatic carbocycles. The monoisotopic (exact) mass is 309 g/mol. The lowest BCUT2D eigenvalue weighted by atomic mass is 10.0. The highest BCUT2D eigenvalue weighted by Crippen LogP contribution is 2.22. The van der Waals surface area contributed by atoms with Gasteiger partial charge < -0.3 is 15.4 Å². The minimum atomic E-state index is -0.620. The molecule has 1 saturated heterocycles. The molecule has 0 bridgehead atoms. The molecule has 0 aromatic heterocycles. The molecule has 0 spiro atoms. The molecular formula is C15H20FN3O3. The zero-order valence-corrected chi connectivity index (χ0v) is 12.5. The highest BCUT2D eigenvalue weighted by atomic mass is 19.1. The maximum Gasteiger partial charge on any atom is 0.409 e. The first kappa shape index (κ1) is 16.2. The number of primary amides is 1. The zero-order valence-electron chi connectivity index (χ0n) is 12.5. The van der Waals surface area contributed by atoms with Crippen LogP contribution in [0, 0.1) is 5.82 Å². The van der Waals surface area contributed by atoms with E-state index >= 15 is 0 Å². The number of nitrogens with two attached hydrogens (primary N) is 1. The smallest absolute Gasteiger partial charge is 0.409 e. The van der Waals surface area contributed by atoms with E-state index in [4.69, 9.17) is 10.5 Å². The van der Waals surface area contributed by atoms with E-state index in [0.29, 0.717) is 38.3 Å². The van der Waals surface area contributed by atoms with Crippen LogP contribution in [0.15, 0.2) is 24.3 Å². The van der Waals surface area contributed by atoms with Crippen LogP contribution in [0.5, 0.6) is 0 Å². The third-order valence-electron chi connectivity index (χ3n) is 3.66. The Morgan fingerprint density at radius 1 is 1.23 bits per heavy atom. The van der Waals surface area contributed by atoms with Gasteiger partial charge in [0.25, 0.3) is 0 Å². The van der Waals surface area contributed by atoms with Crippen molar-refractivity contribution in [3.05, 3.63) is 35.6 Å². The average Bonchev–Trinajstić information content (AvgIpc) is 2.50. The highest BCUT2D eigenvalue weighted by Gasteiger charge is 2.30. The van der Waals surface area contributed by atoms with Crippen molar-refractivity contribution in [3.8, 4) is 0 Å².